The first-order valence-corrected chi connectivity index (χ1v) is 8.59. The normalized spacial score (nSPS) is 10.7. The molecule has 0 spiro atoms. The average molecular weight is 388 g/mol. The molecule has 1 aromatic carbocycles. The lowest BCUT2D eigenvalue weighted by Crippen LogP contribution is -2.28. The molecule has 0 fully saturated rings. The van der Waals surface area contributed by atoms with Gasteiger partial charge < -0.3 is 10.1 Å². The predicted octanol–water partition coefficient (Wildman–Crippen LogP) is 2.04. The van der Waals surface area contributed by atoms with Crippen molar-refractivity contribution in [2.75, 3.05) is 19.0 Å². The van der Waals surface area contributed by atoms with Crippen LogP contribution in [0.25, 0.3) is 0 Å². The second-order valence-corrected chi connectivity index (χ2v) is 6.16. The van der Waals surface area contributed by atoms with Gasteiger partial charge in [-0.2, -0.15) is 10.2 Å². The van der Waals surface area contributed by atoms with Crippen molar-refractivity contribution in [2.45, 2.75) is 13.1 Å². The summed E-state index contributed by atoms with van der Waals surface area (Å²) in [6, 6.07) is 11.8. The molecule has 0 bridgehead atoms. The molecule has 0 aliphatic heterocycles. The van der Waals surface area contributed by atoms with Gasteiger partial charge in [0, 0.05) is 24.3 Å². The van der Waals surface area contributed by atoms with E-state index in [9.17, 15) is 9.59 Å². The topological polar surface area (TPSA) is 91.0 Å². The van der Waals surface area contributed by atoms with Gasteiger partial charge in [-0.3, -0.25) is 9.59 Å². The summed E-state index contributed by atoms with van der Waals surface area (Å²) in [5, 5.41) is 11.7. The number of amides is 1. The third-order valence-electron chi connectivity index (χ3n) is 3.81. The van der Waals surface area contributed by atoms with E-state index in [-0.39, 0.29) is 17.8 Å². The van der Waals surface area contributed by atoms with Crippen molar-refractivity contribution in [1.29, 1.82) is 0 Å². The van der Waals surface area contributed by atoms with E-state index < -0.39 is 5.91 Å². The highest BCUT2D eigenvalue weighted by Crippen LogP contribution is 2.14. The summed E-state index contributed by atoms with van der Waals surface area (Å²) in [6.45, 7) is 1.07. The largest absolute Gasteiger partial charge is 0.383 e. The highest BCUT2D eigenvalue weighted by molar-refractivity contribution is 6.30. The Morgan fingerprint density at radius 2 is 1.93 bits per heavy atom. The average Bonchev–Trinajstić information content (AvgIpc) is 3.09. The third-order valence-corrected chi connectivity index (χ3v) is 4.06. The summed E-state index contributed by atoms with van der Waals surface area (Å²) in [5.74, 6) is 0.0883. The van der Waals surface area contributed by atoms with Gasteiger partial charge in [-0.25, -0.2) is 9.36 Å². The summed E-state index contributed by atoms with van der Waals surface area (Å²) in [7, 11) is 1.53. The molecule has 0 unspecified atom stereocenters. The molecule has 3 aromatic rings. The van der Waals surface area contributed by atoms with Gasteiger partial charge >= 0.3 is 0 Å². The van der Waals surface area contributed by atoms with Crippen molar-refractivity contribution in [2.24, 2.45) is 0 Å². The maximum absolute atomic E-state index is 12.5. The Kier molecular flexibility index (Phi) is 6.00. The number of hydrogen-bond donors (Lipinski definition) is 1. The molecule has 0 radical (unpaired) electrons. The lowest BCUT2D eigenvalue weighted by Gasteiger charge is -2.10. The third kappa shape index (κ3) is 4.81. The SMILES string of the molecule is COCCn1nc(C(=O)Nc2ccnn2Cc2ccc(Cl)cc2)ccc1=O. The highest BCUT2D eigenvalue weighted by Gasteiger charge is 2.13. The zero-order chi connectivity index (χ0) is 19.2. The second-order valence-electron chi connectivity index (χ2n) is 5.73. The number of anilines is 1. The van der Waals surface area contributed by atoms with E-state index in [1.54, 1.807) is 29.1 Å². The minimum atomic E-state index is -0.431. The molecule has 0 aliphatic carbocycles. The fourth-order valence-corrected chi connectivity index (χ4v) is 2.54. The van der Waals surface area contributed by atoms with Crippen LogP contribution in [0, 0.1) is 0 Å². The number of nitrogens with one attached hydrogen (secondary N) is 1. The van der Waals surface area contributed by atoms with E-state index in [4.69, 9.17) is 16.3 Å². The van der Waals surface area contributed by atoms with Gasteiger partial charge in [-0.05, 0) is 23.8 Å². The number of carbonyl (C=O) groups is 1. The molecule has 2 heterocycles. The Morgan fingerprint density at radius 3 is 2.67 bits per heavy atom. The molecule has 1 N–H and O–H groups in total. The van der Waals surface area contributed by atoms with Gasteiger partial charge in [-0.15, -0.1) is 0 Å². The Labute approximate surface area is 160 Å². The van der Waals surface area contributed by atoms with E-state index in [2.05, 4.69) is 15.5 Å². The van der Waals surface area contributed by atoms with E-state index >= 15 is 0 Å². The van der Waals surface area contributed by atoms with E-state index in [1.165, 1.54) is 23.9 Å². The molecule has 9 heteroatoms. The van der Waals surface area contributed by atoms with Crippen LogP contribution in [0.2, 0.25) is 5.02 Å². The molecule has 0 atom stereocenters. The quantitative estimate of drug-likeness (QED) is 0.670. The summed E-state index contributed by atoms with van der Waals surface area (Å²) >= 11 is 5.90. The zero-order valence-electron chi connectivity index (χ0n) is 14.6. The summed E-state index contributed by atoms with van der Waals surface area (Å²) in [5.41, 5.74) is 0.825. The van der Waals surface area contributed by atoms with Crippen LogP contribution in [0.5, 0.6) is 0 Å². The van der Waals surface area contributed by atoms with Gasteiger partial charge in [0.1, 0.15) is 11.5 Å². The zero-order valence-corrected chi connectivity index (χ0v) is 15.4. The van der Waals surface area contributed by atoms with Crippen molar-refractivity contribution >= 4 is 23.3 Å². The molecule has 2 aromatic heterocycles. The van der Waals surface area contributed by atoms with Crippen molar-refractivity contribution in [1.82, 2.24) is 19.6 Å². The van der Waals surface area contributed by atoms with Crippen LogP contribution >= 0.6 is 11.6 Å². The number of aromatic nitrogens is 4. The molecule has 0 aliphatic rings. The van der Waals surface area contributed by atoms with Crippen LogP contribution in [0.1, 0.15) is 16.1 Å². The molecule has 0 saturated heterocycles. The van der Waals surface area contributed by atoms with Gasteiger partial charge in [0.05, 0.1) is 25.9 Å². The van der Waals surface area contributed by atoms with Crippen LogP contribution in [-0.4, -0.2) is 39.2 Å². The van der Waals surface area contributed by atoms with Crippen LogP contribution < -0.4 is 10.9 Å². The Balaban J connectivity index is 1.74. The first-order valence-electron chi connectivity index (χ1n) is 8.21. The van der Waals surface area contributed by atoms with E-state index in [0.717, 1.165) is 5.56 Å². The molecule has 3 rings (SSSR count). The van der Waals surface area contributed by atoms with Crippen molar-refractivity contribution in [3.63, 3.8) is 0 Å². The van der Waals surface area contributed by atoms with Crippen LogP contribution in [0.4, 0.5) is 5.82 Å². The molecule has 140 valence electrons. The lowest BCUT2D eigenvalue weighted by atomic mass is 10.2. The van der Waals surface area contributed by atoms with Crippen molar-refractivity contribution in [3.05, 3.63) is 75.3 Å². The molecular weight excluding hydrogens is 370 g/mol. The van der Waals surface area contributed by atoms with Crippen molar-refractivity contribution in [3.8, 4) is 0 Å². The van der Waals surface area contributed by atoms with E-state index in [1.807, 2.05) is 12.1 Å². The first kappa shape index (κ1) is 18.8. The number of methoxy groups -OCH3 is 1. The highest BCUT2D eigenvalue weighted by atomic mass is 35.5. The molecule has 8 nitrogen and oxygen atoms in total. The molecular formula is C18H18ClN5O3. The number of nitrogens with zero attached hydrogens (tertiary/aromatic N) is 4. The van der Waals surface area contributed by atoms with Crippen LogP contribution in [0.15, 0.2) is 53.5 Å². The van der Waals surface area contributed by atoms with Crippen LogP contribution in [0.3, 0.4) is 0 Å². The van der Waals surface area contributed by atoms with Gasteiger partial charge in [0.15, 0.2) is 0 Å². The molecule has 0 saturated carbocycles. The number of rotatable bonds is 7. The fraction of sp³-hybridized carbons (Fsp3) is 0.222. The van der Waals surface area contributed by atoms with Gasteiger partial charge in [0.25, 0.3) is 11.5 Å². The van der Waals surface area contributed by atoms with Crippen LogP contribution in [-0.2, 0) is 17.8 Å². The Hall–Kier alpha value is -2.97. The Bertz CT molecular complexity index is 981. The summed E-state index contributed by atoms with van der Waals surface area (Å²) < 4.78 is 7.80. The van der Waals surface area contributed by atoms with Gasteiger partial charge in [0.2, 0.25) is 0 Å². The lowest BCUT2D eigenvalue weighted by molar-refractivity contribution is 0.101. The number of carbonyl (C=O) groups excluding carboxylic acids is 1. The standard InChI is InChI=1S/C18H18ClN5O3/c1-27-11-10-23-17(25)7-6-15(22-23)18(26)21-16-8-9-20-24(16)12-13-2-4-14(19)5-3-13/h2-9H,10-12H2,1H3,(H,21,26). The number of ether oxygens (including phenoxy) is 1. The molecule has 27 heavy (non-hydrogen) atoms. The number of hydrogen-bond acceptors (Lipinski definition) is 5. The molecule has 1 amide bonds. The van der Waals surface area contributed by atoms with E-state index in [0.29, 0.717) is 24.0 Å². The minimum Gasteiger partial charge on any atom is -0.383 e. The second kappa shape index (κ2) is 8.61. The summed E-state index contributed by atoms with van der Waals surface area (Å²) in [4.78, 5) is 24.3. The Morgan fingerprint density at radius 1 is 1.15 bits per heavy atom. The fourth-order valence-electron chi connectivity index (χ4n) is 2.42. The smallest absolute Gasteiger partial charge is 0.277 e. The number of halogens is 1. The summed E-state index contributed by atoms with van der Waals surface area (Å²) in [6.07, 6.45) is 1.60. The van der Waals surface area contributed by atoms with Gasteiger partial charge in [-0.1, -0.05) is 23.7 Å². The maximum Gasteiger partial charge on any atom is 0.277 e. The number of benzene rings is 1. The minimum absolute atomic E-state index is 0.130. The first-order chi connectivity index (χ1) is 13.1. The maximum atomic E-state index is 12.5. The van der Waals surface area contributed by atoms with Crippen molar-refractivity contribution < 1.29 is 9.53 Å². The monoisotopic (exact) mass is 387 g/mol. The predicted molar refractivity (Wildman–Crippen MR) is 101 cm³/mol.